The molecule has 3 heteroatoms. The monoisotopic (exact) mass is 343 g/mol. The van der Waals surface area contributed by atoms with Gasteiger partial charge in [-0.25, -0.2) is 0 Å². The van der Waals surface area contributed by atoms with Gasteiger partial charge in [-0.05, 0) is 92.3 Å². The van der Waals surface area contributed by atoms with E-state index in [1.165, 1.54) is 67.2 Å². The Balaban J connectivity index is 2.27. The Morgan fingerprint density at radius 1 is 1.08 bits per heavy atom. The second kappa shape index (κ2) is 8.84. The standard InChI is InChI=1S/C22H37N3/c1-15(2)21(20-10-8-9-17(20)5)22(23-16(3)4)24-18-11-13-19(14-12-18)25(6)7/h18-19H,3,8-14H2,1-2,4-7H3,(H,23,24). The van der Waals surface area contributed by atoms with E-state index in [0.717, 1.165) is 11.5 Å². The highest BCUT2D eigenvalue weighted by molar-refractivity contribution is 6.04. The van der Waals surface area contributed by atoms with E-state index in [2.05, 4.69) is 51.7 Å². The van der Waals surface area contributed by atoms with Crippen molar-refractivity contribution in [2.24, 2.45) is 4.99 Å². The molecule has 0 bridgehead atoms. The molecule has 2 aliphatic rings. The molecule has 0 radical (unpaired) electrons. The van der Waals surface area contributed by atoms with Gasteiger partial charge in [-0.2, -0.15) is 0 Å². The SMILES string of the molecule is C=C(C)NC(=NC1CCC(N(C)C)CC1)C(=C(C)C)C1=C(C)CCC1. The number of hydrogen-bond donors (Lipinski definition) is 1. The summed E-state index contributed by atoms with van der Waals surface area (Å²) < 4.78 is 0. The molecule has 0 heterocycles. The van der Waals surface area contributed by atoms with Crippen LogP contribution in [0.25, 0.3) is 0 Å². The van der Waals surface area contributed by atoms with E-state index in [-0.39, 0.29) is 0 Å². The maximum absolute atomic E-state index is 5.20. The fraction of sp³-hybridized carbons (Fsp3) is 0.682. The Bertz CT molecular complexity index is 580. The van der Waals surface area contributed by atoms with Gasteiger partial charge in [0.25, 0.3) is 0 Å². The van der Waals surface area contributed by atoms with Crippen LogP contribution in [0, 0.1) is 0 Å². The van der Waals surface area contributed by atoms with E-state index >= 15 is 0 Å². The van der Waals surface area contributed by atoms with Gasteiger partial charge in [0, 0.05) is 17.3 Å². The van der Waals surface area contributed by atoms with Crippen molar-refractivity contribution in [3.8, 4) is 0 Å². The van der Waals surface area contributed by atoms with Gasteiger partial charge in [0.15, 0.2) is 0 Å². The first kappa shape index (κ1) is 20.0. The van der Waals surface area contributed by atoms with Gasteiger partial charge in [-0.15, -0.1) is 0 Å². The quantitative estimate of drug-likeness (QED) is 0.547. The highest BCUT2D eigenvalue weighted by Crippen LogP contribution is 2.34. The third-order valence-corrected chi connectivity index (χ3v) is 5.57. The van der Waals surface area contributed by atoms with Crippen molar-refractivity contribution in [3.63, 3.8) is 0 Å². The Hall–Kier alpha value is -1.35. The number of amidine groups is 1. The summed E-state index contributed by atoms with van der Waals surface area (Å²) in [6, 6.07) is 1.14. The fourth-order valence-corrected chi connectivity index (χ4v) is 4.16. The number of nitrogens with zero attached hydrogens (tertiary/aromatic N) is 2. The Morgan fingerprint density at radius 3 is 2.16 bits per heavy atom. The first-order valence-electron chi connectivity index (χ1n) is 9.83. The minimum absolute atomic E-state index is 0.426. The highest BCUT2D eigenvalue weighted by Gasteiger charge is 2.25. The van der Waals surface area contributed by atoms with Gasteiger partial charge in [0.2, 0.25) is 0 Å². The third-order valence-electron chi connectivity index (χ3n) is 5.57. The van der Waals surface area contributed by atoms with E-state index in [4.69, 9.17) is 4.99 Å². The van der Waals surface area contributed by atoms with Crippen LogP contribution < -0.4 is 5.32 Å². The lowest BCUT2D eigenvalue weighted by atomic mass is 9.90. The van der Waals surface area contributed by atoms with Crippen molar-refractivity contribution >= 4 is 5.84 Å². The summed E-state index contributed by atoms with van der Waals surface area (Å²) in [7, 11) is 4.39. The van der Waals surface area contributed by atoms with Gasteiger partial charge < -0.3 is 10.2 Å². The summed E-state index contributed by atoms with van der Waals surface area (Å²) in [6.45, 7) is 12.8. The molecule has 0 amide bonds. The van der Waals surface area contributed by atoms with Gasteiger partial charge in [-0.3, -0.25) is 4.99 Å². The van der Waals surface area contributed by atoms with Crippen LogP contribution in [0.1, 0.15) is 72.6 Å². The molecular formula is C22H37N3. The maximum Gasteiger partial charge on any atom is 0.132 e. The van der Waals surface area contributed by atoms with E-state index in [1.807, 2.05) is 6.92 Å². The van der Waals surface area contributed by atoms with Crippen LogP contribution >= 0.6 is 0 Å². The minimum atomic E-state index is 0.426. The first-order valence-corrected chi connectivity index (χ1v) is 9.83. The predicted octanol–water partition coefficient (Wildman–Crippen LogP) is 5.22. The van der Waals surface area contributed by atoms with Crippen molar-refractivity contribution in [2.45, 2.75) is 84.7 Å². The van der Waals surface area contributed by atoms with E-state index in [9.17, 15) is 0 Å². The van der Waals surface area contributed by atoms with Crippen molar-refractivity contribution in [2.75, 3.05) is 14.1 Å². The van der Waals surface area contributed by atoms with E-state index in [0.29, 0.717) is 12.1 Å². The molecule has 0 aliphatic heterocycles. The van der Waals surface area contributed by atoms with Crippen molar-refractivity contribution in [3.05, 3.63) is 34.6 Å². The molecule has 140 valence electrons. The smallest absolute Gasteiger partial charge is 0.132 e. The molecule has 0 aromatic rings. The van der Waals surface area contributed by atoms with Gasteiger partial charge >= 0.3 is 0 Å². The second-order valence-corrected chi connectivity index (χ2v) is 8.30. The van der Waals surface area contributed by atoms with Crippen LogP contribution in [0.4, 0.5) is 0 Å². The van der Waals surface area contributed by atoms with Crippen molar-refractivity contribution in [1.29, 1.82) is 0 Å². The van der Waals surface area contributed by atoms with Crippen molar-refractivity contribution < 1.29 is 0 Å². The zero-order chi connectivity index (χ0) is 18.6. The molecule has 1 N–H and O–H groups in total. The number of rotatable bonds is 5. The largest absolute Gasteiger partial charge is 0.344 e. The molecule has 25 heavy (non-hydrogen) atoms. The van der Waals surface area contributed by atoms with Crippen LogP contribution in [-0.2, 0) is 0 Å². The maximum atomic E-state index is 5.20. The molecule has 2 rings (SSSR count). The summed E-state index contributed by atoms with van der Waals surface area (Å²) in [5.41, 5.74) is 6.70. The average molecular weight is 344 g/mol. The summed E-state index contributed by atoms with van der Waals surface area (Å²) in [5.74, 6) is 1.05. The molecule has 0 atom stereocenters. The number of hydrogen-bond acceptors (Lipinski definition) is 2. The minimum Gasteiger partial charge on any atom is -0.344 e. The predicted molar refractivity (Wildman–Crippen MR) is 110 cm³/mol. The molecule has 2 aliphatic carbocycles. The lowest BCUT2D eigenvalue weighted by molar-refractivity contribution is 0.217. The number of nitrogens with one attached hydrogen (secondary N) is 1. The van der Waals surface area contributed by atoms with Crippen molar-refractivity contribution in [1.82, 2.24) is 10.2 Å². The fourth-order valence-electron chi connectivity index (χ4n) is 4.16. The Kier molecular flexibility index (Phi) is 7.06. The first-order chi connectivity index (χ1) is 11.8. The zero-order valence-corrected chi connectivity index (χ0v) is 17.2. The van der Waals surface area contributed by atoms with Crippen LogP contribution in [0.5, 0.6) is 0 Å². The van der Waals surface area contributed by atoms with E-state index < -0.39 is 0 Å². The summed E-state index contributed by atoms with van der Waals surface area (Å²) in [6.07, 6.45) is 8.51. The van der Waals surface area contributed by atoms with Crippen LogP contribution in [0.15, 0.2) is 39.6 Å². The van der Waals surface area contributed by atoms with E-state index in [1.54, 1.807) is 0 Å². The highest BCUT2D eigenvalue weighted by atomic mass is 15.1. The second-order valence-electron chi connectivity index (χ2n) is 8.30. The molecule has 1 saturated carbocycles. The molecule has 0 spiro atoms. The van der Waals surface area contributed by atoms with Crippen LogP contribution in [-0.4, -0.2) is 36.9 Å². The summed E-state index contributed by atoms with van der Waals surface area (Å²) in [5, 5.41) is 3.49. The molecule has 0 aromatic heterocycles. The molecule has 0 saturated heterocycles. The lowest BCUT2D eigenvalue weighted by Crippen LogP contribution is -2.34. The Morgan fingerprint density at radius 2 is 1.72 bits per heavy atom. The lowest BCUT2D eigenvalue weighted by Gasteiger charge is -2.31. The van der Waals surface area contributed by atoms with Crippen LogP contribution in [0.2, 0.25) is 0 Å². The number of aliphatic imine (C=N–C) groups is 1. The molecule has 0 unspecified atom stereocenters. The molecule has 0 aromatic carbocycles. The van der Waals surface area contributed by atoms with Gasteiger partial charge in [0.05, 0.1) is 6.04 Å². The summed E-state index contributed by atoms with van der Waals surface area (Å²) in [4.78, 5) is 7.57. The summed E-state index contributed by atoms with van der Waals surface area (Å²) >= 11 is 0. The van der Waals surface area contributed by atoms with Gasteiger partial charge in [-0.1, -0.05) is 17.7 Å². The Labute approximate surface area is 155 Å². The zero-order valence-electron chi connectivity index (χ0n) is 17.2. The normalized spacial score (nSPS) is 24.7. The third kappa shape index (κ3) is 5.31. The average Bonchev–Trinajstić information content (AvgIpc) is 2.93. The van der Waals surface area contributed by atoms with Crippen LogP contribution in [0.3, 0.4) is 0 Å². The topological polar surface area (TPSA) is 27.6 Å². The number of allylic oxidation sites excluding steroid dienone is 3. The molecule has 3 nitrogen and oxygen atoms in total. The molecular weight excluding hydrogens is 306 g/mol. The van der Waals surface area contributed by atoms with Gasteiger partial charge in [0.1, 0.15) is 5.84 Å². The molecule has 1 fully saturated rings.